The van der Waals surface area contributed by atoms with Crippen molar-refractivity contribution in [2.24, 2.45) is 4.99 Å². The van der Waals surface area contributed by atoms with E-state index in [0.717, 1.165) is 29.8 Å². The van der Waals surface area contributed by atoms with Crippen LogP contribution in [0.5, 0.6) is 5.75 Å². The molecule has 3 rings (SSSR count). The lowest BCUT2D eigenvalue weighted by molar-refractivity contribution is 0.474. The summed E-state index contributed by atoms with van der Waals surface area (Å²) in [4.78, 5) is 5.06. The van der Waals surface area contributed by atoms with E-state index in [1.54, 1.807) is 6.07 Å². The minimum Gasteiger partial charge on any atom is -0.507 e. The van der Waals surface area contributed by atoms with Gasteiger partial charge in [-0.1, -0.05) is 58.0 Å². The number of benzene rings is 2. The van der Waals surface area contributed by atoms with Crippen molar-refractivity contribution < 1.29 is 5.11 Å². The van der Waals surface area contributed by atoms with Gasteiger partial charge in [-0.3, -0.25) is 4.99 Å². The average molecular weight is 307 g/mol. The summed E-state index contributed by atoms with van der Waals surface area (Å²) in [7, 11) is 0. The lowest BCUT2D eigenvalue weighted by Crippen LogP contribution is -2.00. The number of hydrogen-bond donors (Lipinski definition) is 1. The van der Waals surface area contributed by atoms with Crippen molar-refractivity contribution in [1.29, 1.82) is 0 Å². The van der Waals surface area contributed by atoms with Gasteiger partial charge in [-0.15, -0.1) is 0 Å². The highest BCUT2D eigenvalue weighted by Crippen LogP contribution is 2.38. The fourth-order valence-electron chi connectivity index (χ4n) is 3.39. The van der Waals surface area contributed by atoms with Gasteiger partial charge in [-0.25, -0.2) is 0 Å². The number of phenols is 1. The van der Waals surface area contributed by atoms with Crippen molar-refractivity contribution in [2.45, 2.75) is 52.4 Å². The molecule has 1 aliphatic carbocycles. The topological polar surface area (TPSA) is 32.6 Å². The average Bonchev–Trinajstić information content (AvgIpc) is 2.91. The predicted molar refractivity (Wildman–Crippen MR) is 97.2 cm³/mol. The molecule has 0 fully saturated rings. The first kappa shape index (κ1) is 15.8. The van der Waals surface area contributed by atoms with E-state index in [4.69, 9.17) is 4.99 Å². The summed E-state index contributed by atoms with van der Waals surface area (Å²) in [6, 6.07) is 12.3. The Hall–Kier alpha value is -2.09. The van der Waals surface area contributed by atoms with Gasteiger partial charge in [0.1, 0.15) is 5.75 Å². The quantitative estimate of drug-likeness (QED) is 0.774. The maximum Gasteiger partial charge on any atom is 0.124 e. The van der Waals surface area contributed by atoms with Crippen LogP contribution >= 0.6 is 0 Å². The Bertz CT molecular complexity index is 730. The Morgan fingerprint density at radius 2 is 1.48 bits per heavy atom. The van der Waals surface area contributed by atoms with Gasteiger partial charge in [0.05, 0.1) is 11.4 Å². The van der Waals surface area contributed by atoms with E-state index in [-0.39, 0.29) is 0 Å². The molecule has 0 spiro atoms. The molecule has 0 atom stereocenters. The van der Waals surface area contributed by atoms with E-state index in [0.29, 0.717) is 17.6 Å². The summed E-state index contributed by atoms with van der Waals surface area (Å²) in [5.41, 5.74) is 6.84. The van der Waals surface area contributed by atoms with Crippen LogP contribution in [0.3, 0.4) is 0 Å². The van der Waals surface area contributed by atoms with Crippen molar-refractivity contribution in [1.82, 2.24) is 0 Å². The number of phenolic OH excluding ortho intramolecular Hbond substituents is 1. The molecule has 0 bridgehead atoms. The molecule has 0 unspecified atom stereocenters. The van der Waals surface area contributed by atoms with Crippen LogP contribution in [0.1, 0.15) is 68.2 Å². The number of nitrogens with zero attached hydrogens (tertiary/aromatic N) is 1. The lowest BCUT2D eigenvalue weighted by atomic mass is 9.92. The Labute approximate surface area is 138 Å². The largest absolute Gasteiger partial charge is 0.507 e. The van der Waals surface area contributed by atoms with Crippen LogP contribution in [0.15, 0.2) is 41.4 Å². The molecular formula is C21H25NO. The van der Waals surface area contributed by atoms with Gasteiger partial charge in [0.15, 0.2) is 0 Å². The van der Waals surface area contributed by atoms with Crippen LogP contribution < -0.4 is 0 Å². The standard InChI is InChI=1S/C21H25NO/c1-13(2)16-8-6-9-17(14(3)4)21(16)22-18-12-11-15-7-5-10-19(23)20(15)18/h5-10,13-14,23H,11-12H2,1-4H3. The molecule has 0 radical (unpaired) electrons. The molecule has 1 aliphatic rings. The van der Waals surface area contributed by atoms with Crippen molar-refractivity contribution in [3.63, 3.8) is 0 Å². The molecule has 0 heterocycles. The van der Waals surface area contributed by atoms with Gasteiger partial charge >= 0.3 is 0 Å². The monoisotopic (exact) mass is 307 g/mol. The molecule has 2 nitrogen and oxygen atoms in total. The highest BCUT2D eigenvalue weighted by atomic mass is 16.3. The van der Waals surface area contributed by atoms with E-state index in [9.17, 15) is 5.11 Å². The Morgan fingerprint density at radius 3 is 2.09 bits per heavy atom. The van der Waals surface area contributed by atoms with E-state index in [2.05, 4.69) is 52.0 Å². The first-order chi connectivity index (χ1) is 11.0. The molecular weight excluding hydrogens is 282 g/mol. The molecule has 1 N–H and O–H groups in total. The number of para-hydroxylation sites is 1. The number of hydrogen-bond acceptors (Lipinski definition) is 2. The molecule has 2 aromatic rings. The van der Waals surface area contributed by atoms with Crippen LogP contribution in [0.4, 0.5) is 5.69 Å². The SMILES string of the molecule is CC(C)c1cccc(C(C)C)c1N=C1CCc2cccc(O)c21. The summed E-state index contributed by atoms with van der Waals surface area (Å²) >= 11 is 0. The normalized spacial score (nSPS) is 15.7. The molecule has 120 valence electrons. The van der Waals surface area contributed by atoms with Gasteiger partial charge in [-0.05, 0) is 47.4 Å². The number of aryl methyl sites for hydroxylation is 1. The summed E-state index contributed by atoms with van der Waals surface area (Å²) in [6.45, 7) is 8.85. The predicted octanol–water partition coefficient (Wildman–Crippen LogP) is 5.71. The zero-order valence-corrected chi connectivity index (χ0v) is 14.4. The fraction of sp³-hybridized carbons (Fsp3) is 0.381. The maximum absolute atomic E-state index is 10.3. The molecule has 2 aromatic carbocycles. The zero-order chi connectivity index (χ0) is 16.6. The van der Waals surface area contributed by atoms with Gasteiger partial charge in [0.2, 0.25) is 0 Å². The molecule has 23 heavy (non-hydrogen) atoms. The number of rotatable bonds is 3. The Morgan fingerprint density at radius 1 is 0.870 bits per heavy atom. The van der Waals surface area contributed by atoms with Crippen LogP contribution in [0.2, 0.25) is 0 Å². The summed E-state index contributed by atoms with van der Waals surface area (Å²) < 4.78 is 0. The van der Waals surface area contributed by atoms with Crippen LogP contribution in [-0.2, 0) is 6.42 Å². The maximum atomic E-state index is 10.3. The summed E-state index contributed by atoms with van der Waals surface area (Å²) in [6.07, 6.45) is 1.86. The highest BCUT2D eigenvalue weighted by Gasteiger charge is 2.22. The van der Waals surface area contributed by atoms with Crippen molar-refractivity contribution in [3.8, 4) is 5.75 Å². The first-order valence-electron chi connectivity index (χ1n) is 8.50. The van der Waals surface area contributed by atoms with Gasteiger partial charge in [-0.2, -0.15) is 0 Å². The molecule has 0 aliphatic heterocycles. The van der Waals surface area contributed by atoms with Crippen molar-refractivity contribution in [3.05, 3.63) is 58.7 Å². The van der Waals surface area contributed by atoms with E-state index in [1.807, 2.05) is 6.07 Å². The highest BCUT2D eigenvalue weighted by molar-refractivity contribution is 6.08. The van der Waals surface area contributed by atoms with Crippen LogP contribution in [0.25, 0.3) is 0 Å². The van der Waals surface area contributed by atoms with Crippen LogP contribution in [-0.4, -0.2) is 10.8 Å². The third kappa shape index (κ3) is 2.90. The lowest BCUT2D eigenvalue weighted by Gasteiger charge is -2.17. The van der Waals surface area contributed by atoms with Gasteiger partial charge < -0.3 is 5.11 Å². The summed E-state index contributed by atoms with van der Waals surface area (Å²) in [5, 5.41) is 10.3. The third-order valence-corrected chi connectivity index (χ3v) is 4.64. The van der Waals surface area contributed by atoms with E-state index < -0.39 is 0 Å². The number of fused-ring (bicyclic) bond motifs is 1. The zero-order valence-electron chi connectivity index (χ0n) is 14.4. The van der Waals surface area contributed by atoms with Crippen molar-refractivity contribution >= 4 is 11.4 Å². The smallest absolute Gasteiger partial charge is 0.124 e. The van der Waals surface area contributed by atoms with E-state index >= 15 is 0 Å². The second-order valence-corrected chi connectivity index (χ2v) is 6.96. The number of aliphatic imine (C=N–C) groups is 1. The van der Waals surface area contributed by atoms with Gasteiger partial charge in [0.25, 0.3) is 0 Å². The van der Waals surface area contributed by atoms with Crippen molar-refractivity contribution in [2.75, 3.05) is 0 Å². The molecule has 0 saturated carbocycles. The fourth-order valence-corrected chi connectivity index (χ4v) is 3.39. The first-order valence-corrected chi connectivity index (χ1v) is 8.50. The molecule has 0 aromatic heterocycles. The molecule has 0 saturated heterocycles. The van der Waals surface area contributed by atoms with Crippen LogP contribution in [0, 0.1) is 0 Å². The Balaban J connectivity index is 2.18. The van der Waals surface area contributed by atoms with E-state index in [1.165, 1.54) is 16.7 Å². The second kappa shape index (κ2) is 6.19. The minimum atomic E-state index is 0.354. The second-order valence-electron chi connectivity index (χ2n) is 6.96. The molecule has 0 amide bonds. The molecule has 2 heteroatoms. The minimum absolute atomic E-state index is 0.354. The summed E-state index contributed by atoms with van der Waals surface area (Å²) in [5.74, 6) is 1.21. The number of aromatic hydroxyl groups is 1. The van der Waals surface area contributed by atoms with Gasteiger partial charge in [0, 0.05) is 5.56 Å². The Kier molecular flexibility index (Phi) is 4.25. The third-order valence-electron chi connectivity index (χ3n) is 4.64.